The van der Waals surface area contributed by atoms with Crippen molar-refractivity contribution in [1.29, 1.82) is 0 Å². The predicted molar refractivity (Wildman–Crippen MR) is 56.6 cm³/mol. The number of hydrogen-bond donors (Lipinski definition) is 2. The molecule has 0 aromatic heterocycles. The highest BCUT2D eigenvalue weighted by molar-refractivity contribution is 5.08. The van der Waals surface area contributed by atoms with E-state index in [4.69, 9.17) is 6.42 Å². The molecule has 0 radical (unpaired) electrons. The van der Waals surface area contributed by atoms with Crippen LogP contribution in [-0.2, 0) is 0 Å². The van der Waals surface area contributed by atoms with Crippen molar-refractivity contribution in [3.63, 3.8) is 0 Å². The lowest BCUT2D eigenvalue weighted by Crippen LogP contribution is -2.45. The second-order valence-electron chi connectivity index (χ2n) is 4.29. The van der Waals surface area contributed by atoms with Crippen LogP contribution in [0, 0.1) is 12.3 Å². The van der Waals surface area contributed by atoms with Gasteiger partial charge in [-0.25, -0.2) is 0 Å². The minimum Gasteiger partial charge on any atom is -0.317 e. The molecule has 74 valence electrons. The van der Waals surface area contributed by atoms with Gasteiger partial charge in [0.05, 0.1) is 5.54 Å². The third-order valence-electron chi connectivity index (χ3n) is 2.50. The van der Waals surface area contributed by atoms with E-state index in [1.807, 2.05) is 0 Å². The molecule has 1 aliphatic heterocycles. The highest BCUT2D eigenvalue weighted by atomic mass is 15.0. The van der Waals surface area contributed by atoms with Gasteiger partial charge in [-0.3, -0.25) is 5.32 Å². The van der Waals surface area contributed by atoms with Gasteiger partial charge in [-0.05, 0) is 46.2 Å². The van der Waals surface area contributed by atoms with Gasteiger partial charge in [0.25, 0.3) is 0 Å². The summed E-state index contributed by atoms with van der Waals surface area (Å²) in [6.07, 6.45) is 9.10. The van der Waals surface area contributed by atoms with Crippen molar-refractivity contribution in [1.82, 2.24) is 10.6 Å². The zero-order valence-corrected chi connectivity index (χ0v) is 8.69. The molecule has 2 N–H and O–H groups in total. The van der Waals surface area contributed by atoms with E-state index in [0.29, 0.717) is 6.04 Å². The molecule has 1 rings (SSSR count). The molecule has 0 bridgehead atoms. The Bertz CT molecular complexity index is 183. The molecular formula is C11H20N2. The average Bonchev–Trinajstić information content (AvgIpc) is 2.32. The molecule has 1 fully saturated rings. The first kappa shape index (κ1) is 10.6. The molecule has 0 amide bonds. The highest BCUT2D eigenvalue weighted by Gasteiger charge is 2.20. The summed E-state index contributed by atoms with van der Waals surface area (Å²) in [4.78, 5) is 0. The monoisotopic (exact) mass is 180 g/mol. The Morgan fingerprint density at radius 1 is 1.38 bits per heavy atom. The summed E-state index contributed by atoms with van der Waals surface area (Å²) in [5.74, 6) is 2.78. The van der Waals surface area contributed by atoms with E-state index in [9.17, 15) is 0 Å². The summed E-state index contributed by atoms with van der Waals surface area (Å²) < 4.78 is 0. The smallest absolute Gasteiger partial charge is 0.0743 e. The maximum Gasteiger partial charge on any atom is 0.0743 e. The third-order valence-corrected chi connectivity index (χ3v) is 2.50. The first-order valence-corrected chi connectivity index (χ1v) is 5.10. The molecular weight excluding hydrogens is 160 g/mol. The van der Waals surface area contributed by atoms with Crippen molar-refractivity contribution in [2.75, 3.05) is 13.1 Å². The second kappa shape index (κ2) is 4.64. The molecule has 1 unspecified atom stereocenters. The minimum absolute atomic E-state index is 0.158. The average molecular weight is 180 g/mol. The number of rotatable bonds is 2. The topological polar surface area (TPSA) is 24.1 Å². The largest absolute Gasteiger partial charge is 0.317 e. The number of hydrogen-bond acceptors (Lipinski definition) is 2. The summed E-state index contributed by atoms with van der Waals surface area (Å²) in [5.41, 5.74) is -0.158. The van der Waals surface area contributed by atoms with Gasteiger partial charge in [-0.1, -0.05) is 5.92 Å². The van der Waals surface area contributed by atoms with Gasteiger partial charge in [0.1, 0.15) is 0 Å². The van der Waals surface area contributed by atoms with E-state index >= 15 is 0 Å². The van der Waals surface area contributed by atoms with Crippen molar-refractivity contribution in [3.05, 3.63) is 0 Å². The first-order chi connectivity index (χ1) is 6.14. The van der Waals surface area contributed by atoms with Crippen molar-refractivity contribution in [2.24, 2.45) is 0 Å². The van der Waals surface area contributed by atoms with Crippen LogP contribution in [0.4, 0.5) is 0 Å². The Morgan fingerprint density at radius 3 is 2.85 bits per heavy atom. The van der Waals surface area contributed by atoms with E-state index in [1.165, 1.54) is 19.3 Å². The summed E-state index contributed by atoms with van der Waals surface area (Å²) in [7, 11) is 0. The second-order valence-corrected chi connectivity index (χ2v) is 4.29. The van der Waals surface area contributed by atoms with Crippen LogP contribution >= 0.6 is 0 Å². The molecule has 1 heterocycles. The normalized spacial score (nSPS) is 24.8. The first-order valence-electron chi connectivity index (χ1n) is 5.10. The number of terminal acetylenes is 1. The fourth-order valence-electron chi connectivity index (χ4n) is 1.72. The molecule has 13 heavy (non-hydrogen) atoms. The van der Waals surface area contributed by atoms with E-state index < -0.39 is 0 Å². The van der Waals surface area contributed by atoms with E-state index in [2.05, 4.69) is 30.4 Å². The van der Waals surface area contributed by atoms with Crippen LogP contribution in [0.2, 0.25) is 0 Å². The van der Waals surface area contributed by atoms with Crippen molar-refractivity contribution in [3.8, 4) is 12.3 Å². The van der Waals surface area contributed by atoms with Crippen molar-refractivity contribution < 1.29 is 0 Å². The fraction of sp³-hybridized carbons (Fsp3) is 0.818. The van der Waals surface area contributed by atoms with Crippen LogP contribution in [0.25, 0.3) is 0 Å². The Balaban J connectivity index is 2.39. The summed E-state index contributed by atoms with van der Waals surface area (Å²) in [6, 6.07) is 0.584. The van der Waals surface area contributed by atoms with Gasteiger partial charge < -0.3 is 5.32 Å². The van der Waals surface area contributed by atoms with E-state index in [1.54, 1.807) is 0 Å². The molecule has 1 saturated heterocycles. The highest BCUT2D eigenvalue weighted by Crippen LogP contribution is 2.10. The number of nitrogens with one attached hydrogen (secondary N) is 2. The minimum atomic E-state index is -0.158. The summed E-state index contributed by atoms with van der Waals surface area (Å²) in [5, 5.41) is 6.90. The van der Waals surface area contributed by atoms with Gasteiger partial charge in [-0.2, -0.15) is 0 Å². The Morgan fingerprint density at radius 2 is 2.15 bits per heavy atom. The lowest BCUT2D eigenvalue weighted by Gasteiger charge is -2.26. The third kappa shape index (κ3) is 3.80. The van der Waals surface area contributed by atoms with Gasteiger partial charge in [0, 0.05) is 6.04 Å². The van der Waals surface area contributed by atoms with Gasteiger partial charge in [0.15, 0.2) is 0 Å². The maximum absolute atomic E-state index is 5.43. The molecule has 0 aliphatic carbocycles. The van der Waals surface area contributed by atoms with E-state index in [-0.39, 0.29) is 5.54 Å². The SMILES string of the molecule is C#CC(C)(C)NC1CCCNCC1. The maximum atomic E-state index is 5.43. The lowest BCUT2D eigenvalue weighted by molar-refractivity contribution is 0.379. The lowest BCUT2D eigenvalue weighted by atomic mass is 10.0. The quantitative estimate of drug-likeness (QED) is 0.623. The zero-order valence-electron chi connectivity index (χ0n) is 8.69. The summed E-state index contributed by atoms with van der Waals surface area (Å²) in [6.45, 7) is 6.38. The van der Waals surface area contributed by atoms with Crippen LogP contribution in [0.15, 0.2) is 0 Å². The molecule has 1 aliphatic rings. The van der Waals surface area contributed by atoms with Crippen molar-refractivity contribution in [2.45, 2.75) is 44.7 Å². The summed E-state index contributed by atoms with van der Waals surface area (Å²) >= 11 is 0. The zero-order chi connectivity index (χ0) is 9.73. The van der Waals surface area contributed by atoms with Crippen LogP contribution in [0.5, 0.6) is 0 Å². The molecule has 2 nitrogen and oxygen atoms in total. The van der Waals surface area contributed by atoms with Gasteiger partial charge in [-0.15, -0.1) is 6.42 Å². The van der Waals surface area contributed by atoms with Crippen LogP contribution < -0.4 is 10.6 Å². The predicted octanol–water partition coefficient (Wildman–Crippen LogP) is 1.13. The molecule has 0 spiro atoms. The Labute approximate surface area is 81.5 Å². The van der Waals surface area contributed by atoms with E-state index in [0.717, 1.165) is 13.1 Å². The Hall–Kier alpha value is -0.520. The van der Waals surface area contributed by atoms with Gasteiger partial charge >= 0.3 is 0 Å². The molecule has 2 heteroatoms. The van der Waals surface area contributed by atoms with Crippen LogP contribution in [0.1, 0.15) is 33.1 Å². The van der Waals surface area contributed by atoms with Crippen LogP contribution in [0.3, 0.4) is 0 Å². The van der Waals surface area contributed by atoms with Gasteiger partial charge in [0.2, 0.25) is 0 Å². The molecule has 1 atom stereocenters. The van der Waals surface area contributed by atoms with Crippen LogP contribution in [-0.4, -0.2) is 24.7 Å². The Kier molecular flexibility index (Phi) is 3.77. The standard InChI is InChI=1S/C11H20N2/c1-4-11(2,3)13-10-6-5-8-12-9-7-10/h1,10,12-13H,5-9H2,2-3H3. The molecule has 0 saturated carbocycles. The fourth-order valence-corrected chi connectivity index (χ4v) is 1.72. The van der Waals surface area contributed by atoms with Crippen molar-refractivity contribution >= 4 is 0 Å². The molecule has 0 aromatic rings. The molecule has 0 aromatic carbocycles.